The second-order valence-corrected chi connectivity index (χ2v) is 29.1. The van der Waals surface area contributed by atoms with Crippen LogP contribution in [0.5, 0.6) is 0 Å². The van der Waals surface area contributed by atoms with Crippen molar-refractivity contribution in [1.29, 1.82) is 0 Å². The Labute approximate surface area is 664 Å². The minimum absolute atomic E-state index is 0. The monoisotopic (exact) mass is 1520 g/mol. The van der Waals surface area contributed by atoms with Crippen LogP contribution in [0.3, 0.4) is 0 Å². The molecule has 0 unspecified atom stereocenters. The lowest BCUT2D eigenvalue weighted by Gasteiger charge is -2.27. The quantitative estimate of drug-likeness (QED) is 0.129. The van der Waals surface area contributed by atoms with Crippen molar-refractivity contribution >= 4 is 142 Å². The zero-order valence-corrected chi connectivity index (χ0v) is 61.9. The van der Waals surface area contributed by atoms with Gasteiger partial charge in [0.1, 0.15) is 39.1 Å². The molecule has 540 valence electrons. The molecule has 0 saturated heterocycles. The fraction of sp³-hybridized carbons (Fsp3) is 0.0280. The Bertz CT molecular complexity index is 7080. The predicted octanol–water partition coefficient (Wildman–Crippen LogP) is 32.1. The maximum Gasteiger partial charge on any atom is 0.160 e. The molecule has 0 fully saturated rings. The molecule has 0 bridgehead atoms. The van der Waals surface area contributed by atoms with Gasteiger partial charge in [-0.05, 0) is 189 Å². The molecule has 22 aromatic rings. The molecule has 0 aliphatic rings. The van der Waals surface area contributed by atoms with Gasteiger partial charge in [-0.2, -0.15) is 0 Å². The molecule has 18 aromatic carbocycles. The normalized spacial score (nSPS) is 11.3. The van der Waals surface area contributed by atoms with E-state index in [4.69, 9.17) is 17.7 Å². The van der Waals surface area contributed by atoms with Crippen molar-refractivity contribution in [3.05, 3.63) is 416 Å². The molecule has 0 amide bonds. The number of furan rings is 4. The highest BCUT2D eigenvalue weighted by Crippen LogP contribution is 2.51. The molecule has 4 heterocycles. The van der Waals surface area contributed by atoms with E-state index in [0.717, 1.165) is 149 Å². The molecule has 0 aliphatic heterocycles. The summed E-state index contributed by atoms with van der Waals surface area (Å²) in [6, 6.07) is 141. The van der Waals surface area contributed by atoms with Crippen LogP contribution in [0.2, 0.25) is 0 Å². The lowest BCUT2D eigenvalue weighted by Crippen LogP contribution is -2.11. The van der Waals surface area contributed by atoms with Crippen molar-refractivity contribution in [3.63, 3.8) is 0 Å². The summed E-state index contributed by atoms with van der Waals surface area (Å²) >= 11 is 3.65. The molecule has 6 heteroatoms. The van der Waals surface area contributed by atoms with Crippen LogP contribution in [0.15, 0.2) is 423 Å². The number of anilines is 3. The van der Waals surface area contributed by atoms with Crippen molar-refractivity contribution in [3.8, 4) is 66.8 Å². The molecular formula is C107H76BrNO4. The Hall–Kier alpha value is -14.0. The summed E-state index contributed by atoms with van der Waals surface area (Å²) in [5, 5.41) is 13.5. The zero-order valence-electron chi connectivity index (χ0n) is 60.3. The van der Waals surface area contributed by atoms with E-state index in [1.165, 1.54) is 66.2 Å². The third-order valence-electron chi connectivity index (χ3n) is 21.4. The van der Waals surface area contributed by atoms with Crippen LogP contribution in [0.25, 0.3) is 176 Å². The van der Waals surface area contributed by atoms with Gasteiger partial charge in [-0.15, -0.1) is 0 Å². The Morgan fingerprint density at radius 1 is 0.212 bits per heavy atom. The summed E-state index contributed by atoms with van der Waals surface area (Å²) < 4.78 is 27.1. The van der Waals surface area contributed by atoms with Crippen LogP contribution in [0.1, 0.15) is 26.0 Å². The number of nitrogens with zero attached hydrogens (tertiary/aromatic N) is 1. The molecule has 0 atom stereocenters. The maximum absolute atomic E-state index is 6.99. The highest BCUT2D eigenvalue weighted by atomic mass is 79.9. The number of rotatable bonds is 11. The van der Waals surface area contributed by atoms with Gasteiger partial charge in [0.05, 0.1) is 10.2 Å². The Morgan fingerprint density at radius 3 is 1.00 bits per heavy atom. The van der Waals surface area contributed by atoms with Crippen molar-refractivity contribution in [2.45, 2.75) is 21.3 Å². The average Bonchev–Trinajstić information content (AvgIpc) is 1.53. The molecule has 0 N–H and O–H groups in total. The standard InChI is InChI=1S/C52H33NO2.C31H24.C22H11BrO2.2CH4/c1-4-14-34(15-5-1)37-24-27-41(28-25-37)53(42-31-39(35-16-6-2-7-17-35)30-40(32-42)36-18-8-3-9-19-36)45-33-48-51(50-44-22-12-13-23-46(44)55-52(45)50)49-43-21-11-10-20-38(43)26-29-47(49)54-48;1-4-10-26(11-5-1)29-18-16-24(17-19-29)20-25-21-30(27-12-6-2-7-13-27)23-31(22-25)28-14-8-3-9-15-28;23-15-11-18-21(20-14-7-3-4-8-16(14)25-22(15)20)19-13-6-2-1-5-12(13)9-10-17(19)24-18;;/h1-33H;1-19,21-23H,20H2;1-11H;2*1H4. The summed E-state index contributed by atoms with van der Waals surface area (Å²) in [5.41, 5.74) is 26.8. The van der Waals surface area contributed by atoms with E-state index in [1.54, 1.807) is 0 Å². The molecule has 0 saturated carbocycles. The first-order valence-corrected chi connectivity index (χ1v) is 38.3. The van der Waals surface area contributed by atoms with Crippen molar-refractivity contribution in [2.75, 3.05) is 4.90 Å². The van der Waals surface area contributed by atoms with Crippen LogP contribution in [-0.2, 0) is 6.42 Å². The van der Waals surface area contributed by atoms with Gasteiger partial charge in [0.25, 0.3) is 0 Å². The van der Waals surface area contributed by atoms with Gasteiger partial charge < -0.3 is 22.6 Å². The van der Waals surface area contributed by atoms with Crippen LogP contribution in [0.4, 0.5) is 17.1 Å². The molecular weight excluding hydrogens is 1440 g/mol. The van der Waals surface area contributed by atoms with E-state index in [1.807, 2.05) is 30.3 Å². The minimum Gasteiger partial charge on any atom is -0.456 e. The first kappa shape index (κ1) is 70.6. The number of para-hydroxylation sites is 2. The molecule has 4 aromatic heterocycles. The topological polar surface area (TPSA) is 55.8 Å². The zero-order chi connectivity index (χ0) is 73.7. The maximum atomic E-state index is 6.99. The average molecular weight is 1520 g/mol. The third kappa shape index (κ3) is 13.3. The Balaban J connectivity index is 0.000000129. The van der Waals surface area contributed by atoms with E-state index in [-0.39, 0.29) is 14.9 Å². The molecule has 113 heavy (non-hydrogen) atoms. The molecule has 0 spiro atoms. The first-order valence-electron chi connectivity index (χ1n) is 37.6. The smallest absolute Gasteiger partial charge is 0.160 e. The summed E-state index contributed by atoms with van der Waals surface area (Å²) in [5.74, 6) is 0. The molecule has 0 radical (unpaired) electrons. The fourth-order valence-electron chi connectivity index (χ4n) is 16.2. The van der Waals surface area contributed by atoms with Gasteiger partial charge in [-0.25, -0.2) is 0 Å². The Morgan fingerprint density at radius 2 is 0.558 bits per heavy atom. The van der Waals surface area contributed by atoms with E-state index < -0.39 is 0 Å². The number of halogens is 1. The van der Waals surface area contributed by atoms with E-state index in [0.29, 0.717) is 0 Å². The largest absolute Gasteiger partial charge is 0.456 e. The fourth-order valence-corrected chi connectivity index (χ4v) is 16.7. The van der Waals surface area contributed by atoms with E-state index >= 15 is 0 Å². The number of hydrogen-bond donors (Lipinski definition) is 0. The lowest BCUT2D eigenvalue weighted by atomic mass is 9.93. The van der Waals surface area contributed by atoms with Gasteiger partial charge >= 0.3 is 0 Å². The second-order valence-electron chi connectivity index (χ2n) is 28.3. The van der Waals surface area contributed by atoms with Crippen molar-refractivity contribution in [2.24, 2.45) is 0 Å². The summed E-state index contributed by atoms with van der Waals surface area (Å²) in [7, 11) is 0. The highest BCUT2D eigenvalue weighted by Gasteiger charge is 2.27. The van der Waals surface area contributed by atoms with Crippen LogP contribution in [0, 0.1) is 0 Å². The molecule has 0 aliphatic carbocycles. The van der Waals surface area contributed by atoms with Gasteiger partial charge in [-0.1, -0.05) is 342 Å². The van der Waals surface area contributed by atoms with E-state index in [2.05, 4.69) is 391 Å². The van der Waals surface area contributed by atoms with Crippen molar-refractivity contribution < 1.29 is 17.7 Å². The van der Waals surface area contributed by atoms with Crippen LogP contribution < -0.4 is 4.90 Å². The van der Waals surface area contributed by atoms with Gasteiger partial charge in [-0.3, -0.25) is 0 Å². The van der Waals surface area contributed by atoms with Crippen LogP contribution in [-0.4, -0.2) is 0 Å². The second kappa shape index (κ2) is 30.4. The van der Waals surface area contributed by atoms with E-state index in [9.17, 15) is 0 Å². The van der Waals surface area contributed by atoms with Gasteiger partial charge in [0.2, 0.25) is 0 Å². The first-order chi connectivity index (χ1) is 54.9. The lowest BCUT2D eigenvalue weighted by molar-refractivity contribution is 0.661. The minimum atomic E-state index is 0. The third-order valence-corrected chi connectivity index (χ3v) is 22.0. The summed E-state index contributed by atoms with van der Waals surface area (Å²) in [4.78, 5) is 2.34. The molecule has 22 rings (SSSR count). The Kier molecular flexibility index (Phi) is 19.0. The highest BCUT2D eigenvalue weighted by molar-refractivity contribution is 9.10. The number of benzene rings is 18. The predicted molar refractivity (Wildman–Crippen MR) is 481 cm³/mol. The number of hydrogen-bond acceptors (Lipinski definition) is 5. The number of fused-ring (bicyclic) bond motifs is 18. The van der Waals surface area contributed by atoms with Gasteiger partial charge in [0, 0.05) is 60.5 Å². The summed E-state index contributed by atoms with van der Waals surface area (Å²) in [6.45, 7) is 0. The SMILES string of the molecule is Brc1cc2oc3ccc4ccccc4c3c2c2c1oc1ccccc12.C.C.c1ccc(-c2ccc(Cc3cc(-c4ccccc4)cc(-c4ccccc4)c3)cc2)cc1.c1ccc(-c2ccc(N(c3cc(-c4ccccc4)cc(-c4ccccc4)c3)c3cc4oc5ccc6ccccc6c5c4c4c3oc3ccccc34)cc2)cc1. The molecule has 5 nitrogen and oxygen atoms in total. The van der Waals surface area contributed by atoms with Gasteiger partial charge in [0.15, 0.2) is 5.58 Å². The summed E-state index contributed by atoms with van der Waals surface area (Å²) in [6.07, 6.45) is 0.912. The van der Waals surface area contributed by atoms with Crippen LogP contribution >= 0.6 is 15.9 Å². The van der Waals surface area contributed by atoms with Crippen molar-refractivity contribution in [1.82, 2.24) is 0 Å².